The Morgan fingerprint density at radius 2 is 0.950 bits per heavy atom. The maximum absolute atomic E-state index is 6.01. The number of allylic oxidation sites excluding steroid dienone is 2. The Balaban J connectivity index is 2.54. The van der Waals surface area contributed by atoms with E-state index in [4.69, 9.17) is 23.2 Å². The van der Waals surface area contributed by atoms with Crippen molar-refractivity contribution in [2.75, 3.05) is 11.8 Å². The van der Waals surface area contributed by atoms with Gasteiger partial charge >= 0.3 is 0 Å². The van der Waals surface area contributed by atoms with Gasteiger partial charge in [-0.25, -0.2) is 0 Å². The molecule has 0 saturated heterocycles. The number of rotatable bonds is 6. The topological polar surface area (TPSA) is 0 Å². The molecule has 0 aliphatic carbocycles. The molecule has 0 atom stereocenters. The molecule has 0 nitrogen and oxygen atoms in total. The number of hydrogen-bond acceptors (Lipinski definition) is 0. The van der Waals surface area contributed by atoms with E-state index in [0.29, 0.717) is 11.8 Å². The van der Waals surface area contributed by atoms with E-state index in [2.05, 4.69) is 48.5 Å². The van der Waals surface area contributed by atoms with Crippen molar-refractivity contribution >= 4 is 34.3 Å². The second-order valence-corrected chi connectivity index (χ2v) is 5.32. The Bertz CT molecular complexity index is 493. The van der Waals surface area contributed by atoms with Crippen molar-refractivity contribution in [3.05, 3.63) is 71.8 Å². The Labute approximate surface area is 131 Å². The van der Waals surface area contributed by atoms with Crippen molar-refractivity contribution in [3.8, 4) is 0 Å². The molecule has 104 valence electrons. The van der Waals surface area contributed by atoms with Crippen LogP contribution in [-0.2, 0) is 0 Å². The summed E-state index contributed by atoms with van der Waals surface area (Å²) in [7, 11) is 0. The number of benzene rings is 2. The zero-order valence-electron chi connectivity index (χ0n) is 11.4. The van der Waals surface area contributed by atoms with Crippen LogP contribution >= 0.6 is 23.2 Å². The van der Waals surface area contributed by atoms with E-state index >= 15 is 0 Å². The lowest BCUT2D eigenvalue weighted by atomic mass is 9.91. The quantitative estimate of drug-likeness (QED) is 0.463. The number of alkyl halides is 2. The fourth-order valence-corrected chi connectivity index (χ4v) is 2.78. The van der Waals surface area contributed by atoms with Gasteiger partial charge in [0, 0.05) is 11.8 Å². The molecule has 0 unspecified atom stereocenters. The van der Waals surface area contributed by atoms with Crippen LogP contribution in [-0.4, -0.2) is 11.8 Å². The molecular weight excluding hydrogens is 287 g/mol. The molecule has 2 aromatic rings. The minimum atomic E-state index is 0.614. The van der Waals surface area contributed by atoms with Crippen LogP contribution in [0, 0.1) is 0 Å². The van der Waals surface area contributed by atoms with E-state index in [1.807, 2.05) is 12.1 Å². The smallest absolute Gasteiger partial charge is 0.0264 e. The minimum absolute atomic E-state index is 0.614. The maximum Gasteiger partial charge on any atom is 0.0264 e. The Morgan fingerprint density at radius 1 is 0.600 bits per heavy atom. The summed E-state index contributed by atoms with van der Waals surface area (Å²) < 4.78 is 0. The molecule has 0 N–H and O–H groups in total. The van der Waals surface area contributed by atoms with Crippen molar-refractivity contribution in [1.82, 2.24) is 0 Å². The monoisotopic (exact) mass is 304 g/mol. The van der Waals surface area contributed by atoms with Crippen LogP contribution in [0.1, 0.15) is 24.0 Å². The van der Waals surface area contributed by atoms with E-state index < -0.39 is 0 Å². The molecule has 2 heteroatoms. The van der Waals surface area contributed by atoms with Crippen molar-refractivity contribution in [1.29, 1.82) is 0 Å². The van der Waals surface area contributed by atoms with Crippen LogP contribution < -0.4 is 0 Å². The summed E-state index contributed by atoms with van der Waals surface area (Å²) in [6, 6.07) is 20.9. The summed E-state index contributed by atoms with van der Waals surface area (Å²) in [5.74, 6) is 1.23. The fraction of sp³-hybridized carbons (Fsp3) is 0.222. The molecule has 0 aliphatic rings. The number of halogens is 2. The zero-order valence-corrected chi connectivity index (χ0v) is 12.9. The average Bonchev–Trinajstić information content (AvgIpc) is 2.52. The third-order valence-corrected chi connectivity index (χ3v) is 3.68. The van der Waals surface area contributed by atoms with Gasteiger partial charge in [0.05, 0.1) is 0 Å². The van der Waals surface area contributed by atoms with Gasteiger partial charge in [-0.1, -0.05) is 60.7 Å². The molecule has 2 rings (SSSR count). The van der Waals surface area contributed by atoms with Crippen LogP contribution in [0.5, 0.6) is 0 Å². The lowest BCUT2D eigenvalue weighted by Crippen LogP contribution is -1.95. The molecule has 2 aromatic carbocycles. The SMILES string of the molecule is ClCCC(=C(CCCl)c1ccccc1)c1ccccc1. The van der Waals surface area contributed by atoms with E-state index in [1.165, 1.54) is 22.3 Å². The molecular formula is C18H18Cl2. The van der Waals surface area contributed by atoms with Crippen molar-refractivity contribution < 1.29 is 0 Å². The summed E-state index contributed by atoms with van der Waals surface area (Å²) in [6.45, 7) is 0. The first kappa shape index (κ1) is 15.2. The van der Waals surface area contributed by atoms with Crippen LogP contribution in [0.3, 0.4) is 0 Å². The lowest BCUT2D eigenvalue weighted by Gasteiger charge is -2.15. The largest absolute Gasteiger partial charge is 0.126 e. The van der Waals surface area contributed by atoms with Gasteiger partial charge in [0.25, 0.3) is 0 Å². The van der Waals surface area contributed by atoms with Gasteiger partial charge in [-0.05, 0) is 35.1 Å². The second kappa shape index (κ2) is 8.14. The normalized spacial score (nSPS) is 12.1. The summed E-state index contributed by atoms with van der Waals surface area (Å²) in [6.07, 6.45) is 1.71. The van der Waals surface area contributed by atoms with E-state index in [-0.39, 0.29) is 0 Å². The predicted molar refractivity (Wildman–Crippen MR) is 90.4 cm³/mol. The summed E-state index contributed by atoms with van der Waals surface area (Å²) in [5.41, 5.74) is 5.06. The van der Waals surface area contributed by atoms with Gasteiger partial charge in [0.2, 0.25) is 0 Å². The third-order valence-electron chi connectivity index (χ3n) is 3.30. The van der Waals surface area contributed by atoms with Gasteiger partial charge in [0.1, 0.15) is 0 Å². The lowest BCUT2D eigenvalue weighted by molar-refractivity contribution is 1.19. The van der Waals surface area contributed by atoms with E-state index in [9.17, 15) is 0 Å². The average molecular weight is 305 g/mol. The van der Waals surface area contributed by atoms with Crippen LogP contribution in [0.4, 0.5) is 0 Å². The highest BCUT2D eigenvalue weighted by Crippen LogP contribution is 2.32. The van der Waals surface area contributed by atoms with Crippen molar-refractivity contribution in [2.24, 2.45) is 0 Å². The molecule has 0 aromatic heterocycles. The maximum atomic E-state index is 6.01. The first-order valence-electron chi connectivity index (χ1n) is 6.81. The Hall–Kier alpha value is -1.24. The summed E-state index contributed by atoms with van der Waals surface area (Å²) in [4.78, 5) is 0. The van der Waals surface area contributed by atoms with Crippen LogP contribution in [0.15, 0.2) is 60.7 Å². The first-order valence-corrected chi connectivity index (χ1v) is 7.88. The highest BCUT2D eigenvalue weighted by atomic mass is 35.5. The van der Waals surface area contributed by atoms with Crippen molar-refractivity contribution in [3.63, 3.8) is 0 Å². The van der Waals surface area contributed by atoms with Gasteiger partial charge in [0.15, 0.2) is 0 Å². The molecule has 0 spiro atoms. The second-order valence-electron chi connectivity index (χ2n) is 4.57. The molecule has 0 radical (unpaired) electrons. The molecule has 0 amide bonds. The van der Waals surface area contributed by atoms with Gasteiger partial charge < -0.3 is 0 Å². The van der Waals surface area contributed by atoms with Crippen LogP contribution in [0.2, 0.25) is 0 Å². The highest BCUT2D eigenvalue weighted by molar-refractivity contribution is 6.19. The third kappa shape index (κ3) is 3.88. The first-order chi connectivity index (χ1) is 9.86. The molecule has 0 bridgehead atoms. The van der Waals surface area contributed by atoms with Crippen LogP contribution in [0.25, 0.3) is 11.1 Å². The predicted octanol–water partition coefficient (Wildman–Crippen LogP) is 5.86. The van der Waals surface area contributed by atoms with Gasteiger partial charge in [-0.3, -0.25) is 0 Å². The van der Waals surface area contributed by atoms with Gasteiger partial charge in [-0.2, -0.15) is 0 Å². The molecule has 0 fully saturated rings. The minimum Gasteiger partial charge on any atom is -0.126 e. The Kier molecular flexibility index (Phi) is 6.17. The number of hydrogen-bond donors (Lipinski definition) is 0. The molecule has 20 heavy (non-hydrogen) atoms. The zero-order chi connectivity index (χ0) is 14.2. The van der Waals surface area contributed by atoms with Gasteiger partial charge in [-0.15, -0.1) is 23.2 Å². The Morgan fingerprint density at radius 3 is 1.25 bits per heavy atom. The fourth-order valence-electron chi connectivity index (χ4n) is 2.41. The van der Waals surface area contributed by atoms with Crippen molar-refractivity contribution in [2.45, 2.75) is 12.8 Å². The summed E-state index contributed by atoms with van der Waals surface area (Å²) >= 11 is 12.0. The molecule has 0 aliphatic heterocycles. The van der Waals surface area contributed by atoms with E-state index in [0.717, 1.165) is 12.8 Å². The summed E-state index contributed by atoms with van der Waals surface area (Å²) in [5, 5.41) is 0. The van der Waals surface area contributed by atoms with E-state index in [1.54, 1.807) is 0 Å². The molecule has 0 saturated carbocycles. The highest BCUT2D eigenvalue weighted by Gasteiger charge is 2.10. The standard InChI is InChI=1S/C18H18Cl2/c19-13-11-17(15-7-3-1-4-8-15)18(12-14-20)16-9-5-2-6-10-16/h1-10H,11-14H2. The molecule has 0 heterocycles.